The highest BCUT2D eigenvalue weighted by Crippen LogP contribution is 2.30. The SMILES string of the molecule is Cl.O=S(=O)(c1sccc1Br)N1CCN(C2CCNC2)CC1. The Kier molecular flexibility index (Phi) is 6.09. The second kappa shape index (κ2) is 7.25. The lowest BCUT2D eigenvalue weighted by molar-refractivity contribution is 0.145. The van der Waals surface area contributed by atoms with Crippen molar-refractivity contribution in [1.82, 2.24) is 14.5 Å². The molecule has 0 aromatic carbocycles. The standard InChI is InChI=1S/C12H18BrN3O2S2.ClH/c13-11-2-8-19-12(11)20(17,18)16-6-4-15(5-7-16)10-1-3-14-9-10;/h2,8,10,14H,1,3-7,9H2;1H. The van der Waals surface area contributed by atoms with Gasteiger partial charge in [0.25, 0.3) is 10.0 Å². The maximum atomic E-state index is 12.6. The number of hydrogen-bond acceptors (Lipinski definition) is 5. The molecule has 0 aliphatic carbocycles. The molecule has 3 rings (SSSR count). The molecule has 9 heteroatoms. The number of rotatable bonds is 3. The minimum absolute atomic E-state index is 0. The van der Waals surface area contributed by atoms with E-state index in [1.807, 2.05) is 0 Å². The molecule has 1 N–H and O–H groups in total. The van der Waals surface area contributed by atoms with E-state index in [1.54, 1.807) is 15.8 Å². The number of thiophene rings is 1. The van der Waals surface area contributed by atoms with Gasteiger partial charge in [-0.25, -0.2) is 8.42 Å². The third kappa shape index (κ3) is 3.63. The Labute approximate surface area is 144 Å². The molecule has 1 atom stereocenters. The minimum Gasteiger partial charge on any atom is -0.315 e. The van der Waals surface area contributed by atoms with Crippen LogP contribution in [0.3, 0.4) is 0 Å². The fourth-order valence-corrected chi connectivity index (χ4v) is 6.71. The lowest BCUT2D eigenvalue weighted by Crippen LogP contribution is -2.52. The number of halogens is 2. The molecule has 21 heavy (non-hydrogen) atoms. The van der Waals surface area contributed by atoms with Crippen LogP contribution in [-0.4, -0.2) is 62.9 Å². The summed E-state index contributed by atoms with van der Waals surface area (Å²) in [6.07, 6.45) is 1.17. The summed E-state index contributed by atoms with van der Waals surface area (Å²) in [6.45, 7) is 4.93. The molecule has 120 valence electrons. The average molecular weight is 417 g/mol. The monoisotopic (exact) mass is 415 g/mol. The van der Waals surface area contributed by atoms with Crippen molar-refractivity contribution in [2.75, 3.05) is 39.3 Å². The average Bonchev–Trinajstić information content (AvgIpc) is 3.10. The van der Waals surface area contributed by atoms with Gasteiger partial charge in [-0.15, -0.1) is 23.7 Å². The molecular formula is C12H19BrClN3O2S2. The first-order valence-electron chi connectivity index (χ1n) is 6.77. The number of piperazine rings is 1. The highest BCUT2D eigenvalue weighted by atomic mass is 79.9. The quantitative estimate of drug-likeness (QED) is 0.813. The van der Waals surface area contributed by atoms with Crippen molar-refractivity contribution in [2.45, 2.75) is 16.7 Å². The molecule has 0 amide bonds. The summed E-state index contributed by atoms with van der Waals surface area (Å²) in [4.78, 5) is 2.41. The van der Waals surface area contributed by atoms with Crippen molar-refractivity contribution in [1.29, 1.82) is 0 Å². The number of hydrogen-bond donors (Lipinski definition) is 1. The van der Waals surface area contributed by atoms with Gasteiger partial charge in [0, 0.05) is 43.2 Å². The molecule has 1 aromatic heterocycles. The molecule has 2 saturated heterocycles. The Hall–Kier alpha value is 0.300. The summed E-state index contributed by atoms with van der Waals surface area (Å²) in [5.41, 5.74) is 0. The molecule has 1 aromatic rings. The molecule has 2 aliphatic rings. The van der Waals surface area contributed by atoms with Gasteiger partial charge in [-0.1, -0.05) is 0 Å². The van der Waals surface area contributed by atoms with Gasteiger partial charge in [0.05, 0.1) is 0 Å². The third-order valence-corrected chi connectivity index (χ3v) is 8.53. The molecule has 0 spiro atoms. The lowest BCUT2D eigenvalue weighted by atomic mass is 10.2. The molecule has 2 fully saturated rings. The van der Waals surface area contributed by atoms with Gasteiger partial charge in [0.1, 0.15) is 4.21 Å². The predicted octanol–water partition coefficient (Wildman–Crippen LogP) is 1.60. The van der Waals surface area contributed by atoms with E-state index in [4.69, 9.17) is 0 Å². The van der Waals surface area contributed by atoms with E-state index >= 15 is 0 Å². The molecule has 2 aliphatic heterocycles. The summed E-state index contributed by atoms with van der Waals surface area (Å²) in [5.74, 6) is 0. The molecule has 1 unspecified atom stereocenters. The van der Waals surface area contributed by atoms with Crippen molar-refractivity contribution in [3.8, 4) is 0 Å². The Morgan fingerprint density at radius 2 is 2.00 bits per heavy atom. The Bertz CT molecular complexity index is 567. The van der Waals surface area contributed by atoms with E-state index in [0.29, 0.717) is 27.8 Å². The Balaban J connectivity index is 0.00000161. The molecule has 3 heterocycles. The molecule has 0 bridgehead atoms. The summed E-state index contributed by atoms with van der Waals surface area (Å²) in [5, 5.41) is 5.17. The molecule has 5 nitrogen and oxygen atoms in total. The second-order valence-corrected chi connectivity index (χ2v) is 9.05. The zero-order valence-electron chi connectivity index (χ0n) is 11.5. The lowest BCUT2D eigenvalue weighted by Gasteiger charge is -2.36. The third-order valence-electron chi connectivity index (χ3n) is 3.98. The van der Waals surface area contributed by atoms with Gasteiger partial charge in [-0.2, -0.15) is 4.31 Å². The van der Waals surface area contributed by atoms with Crippen LogP contribution in [0.25, 0.3) is 0 Å². The first kappa shape index (κ1) is 17.7. The van der Waals surface area contributed by atoms with E-state index in [0.717, 1.165) is 26.2 Å². The van der Waals surface area contributed by atoms with Gasteiger partial charge in [-0.05, 0) is 40.3 Å². The first-order chi connectivity index (χ1) is 9.59. The smallest absolute Gasteiger partial charge is 0.253 e. The second-order valence-electron chi connectivity index (χ2n) is 5.14. The van der Waals surface area contributed by atoms with Crippen LogP contribution < -0.4 is 5.32 Å². The van der Waals surface area contributed by atoms with Crippen molar-refractivity contribution < 1.29 is 8.42 Å². The summed E-state index contributed by atoms with van der Waals surface area (Å²) < 4.78 is 27.9. The van der Waals surface area contributed by atoms with Gasteiger partial charge < -0.3 is 5.32 Å². The highest BCUT2D eigenvalue weighted by Gasteiger charge is 2.33. The highest BCUT2D eigenvalue weighted by molar-refractivity contribution is 9.10. The first-order valence-corrected chi connectivity index (χ1v) is 9.88. The number of sulfonamides is 1. The van der Waals surface area contributed by atoms with Crippen molar-refractivity contribution in [2.24, 2.45) is 0 Å². The fraction of sp³-hybridized carbons (Fsp3) is 0.667. The van der Waals surface area contributed by atoms with Crippen molar-refractivity contribution >= 4 is 49.7 Å². The van der Waals surface area contributed by atoms with Crippen LogP contribution in [0.1, 0.15) is 6.42 Å². The summed E-state index contributed by atoms with van der Waals surface area (Å²) >= 11 is 4.60. The maximum absolute atomic E-state index is 12.6. The van der Waals surface area contributed by atoms with Gasteiger partial charge >= 0.3 is 0 Å². The molecular weight excluding hydrogens is 398 g/mol. The van der Waals surface area contributed by atoms with Crippen molar-refractivity contribution in [3.05, 3.63) is 15.9 Å². The maximum Gasteiger partial charge on any atom is 0.253 e. The fourth-order valence-electron chi connectivity index (χ4n) is 2.84. The molecule has 0 saturated carbocycles. The van der Waals surface area contributed by atoms with E-state index in [-0.39, 0.29) is 12.4 Å². The minimum atomic E-state index is -3.33. The zero-order chi connectivity index (χ0) is 14.2. The van der Waals surface area contributed by atoms with Crippen molar-refractivity contribution in [3.63, 3.8) is 0 Å². The Morgan fingerprint density at radius 3 is 2.52 bits per heavy atom. The van der Waals surface area contributed by atoms with E-state index in [2.05, 4.69) is 26.1 Å². The predicted molar refractivity (Wildman–Crippen MR) is 90.9 cm³/mol. The van der Waals surface area contributed by atoms with E-state index < -0.39 is 10.0 Å². The van der Waals surface area contributed by atoms with E-state index in [1.165, 1.54) is 17.8 Å². The normalized spacial score (nSPS) is 24.9. The van der Waals surface area contributed by atoms with Crippen LogP contribution in [0, 0.1) is 0 Å². The summed E-state index contributed by atoms with van der Waals surface area (Å²) in [6, 6.07) is 2.37. The summed E-state index contributed by atoms with van der Waals surface area (Å²) in [7, 11) is -3.33. The number of nitrogens with one attached hydrogen (secondary N) is 1. The van der Waals surface area contributed by atoms with E-state index in [9.17, 15) is 8.42 Å². The largest absolute Gasteiger partial charge is 0.315 e. The van der Waals surface area contributed by atoms with Gasteiger partial charge in [-0.3, -0.25) is 4.90 Å². The van der Waals surface area contributed by atoms with Crippen LogP contribution in [0.2, 0.25) is 0 Å². The van der Waals surface area contributed by atoms with Crippen LogP contribution in [-0.2, 0) is 10.0 Å². The molecule has 0 radical (unpaired) electrons. The Morgan fingerprint density at radius 1 is 1.29 bits per heavy atom. The van der Waals surface area contributed by atoms with Gasteiger partial charge in [0.2, 0.25) is 0 Å². The zero-order valence-corrected chi connectivity index (χ0v) is 15.5. The van der Waals surface area contributed by atoms with Crippen LogP contribution >= 0.6 is 39.7 Å². The number of nitrogens with zero attached hydrogens (tertiary/aromatic N) is 2. The van der Waals surface area contributed by atoms with Crippen LogP contribution in [0.5, 0.6) is 0 Å². The van der Waals surface area contributed by atoms with Crippen LogP contribution in [0.4, 0.5) is 0 Å². The van der Waals surface area contributed by atoms with Crippen LogP contribution in [0.15, 0.2) is 20.1 Å². The van der Waals surface area contributed by atoms with Gasteiger partial charge in [0.15, 0.2) is 0 Å². The topological polar surface area (TPSA) is 52.7 Å².